The maximum atomic E-state index is 12.3. The van der Waals surface area contributed by atoms with Gasteiger partial charge < -0.3 is 9.32 Å². The summed E-state index contributed by atoms with van der Waals surface area (Å²) in [4.78, 5) is 19.7. The van der Waals surface area contributed by atoms with Crippen molar-refractivity contribution < 1.29 is 9.21 Å². The zero-order chi connectivity index (χ0) is 15.2. The van der Waals surface area contributed by atoms with Gasteiger partial charge in [0.25, 0.3) is 0 Å². The van der Waals surface area contributed by atoms with Gasteiger partial charge in [-0.15, -0.1) is 11.3 Å². The van der Waals surface area contributed by atoms with E-state index in [4.69, 9.17) is 4.42 Å². The second-order valence-electron chi connectivity index (χ2n) is 5.00. The highest BCUT2D eigenvalue weighted by Gasteiger charge is 2.18. The number of carbonyl (C=O) groups is 1. The van der Waals surface area contributed by atoms with Gasteiger partial charge in [0.1, 0.15) is 5.76 Å². The number of hydrogen-bond donors (Lipinski definition) is 0. The molecule has 0 N–H and O–H groups in total. The van der Waals surface area contributed by atoms with E-state index in [0.717, 1.165) is 42.3 Å². The Hall–Kier alpha value is -1.62. The molecule has 0 radical (unpaired) electrons. The summed E-state index contributed by atoms with van der Waals surface area (Å²) in [6, 6.07) is 3.94. The Bertz CT molecular complexity index is 575. The van der Waals surface area contributed by atoms with E-state index in [0.29, 0.717) is 12.3 Å². The molecule has 2 aromatic rings. The second kappa shape index (κ2) is 7.41. The average Bonchev–Trinajstić information content (AvgIpc) is 3.10. The maximum Gasteiger partial charge on any atom is 0.236 e. The molecule has 0 unspecified atom stereocenters. The third-order valence-corrected chi connectivity index (χ3v) is 4.32. The molecule has 0 bridgehead atoms. The Morgan fingerprint density at radius 2 is 2.24 bits per heavy atom. The molecule has 0 aliphatic heterocycles. The highest BCUT2D eigenvalue weighted by molar-refractivity contribution is 7.13. The quantitative estimate of drug-likeness (QED) is 0.779. The second-order valence-corrected chi connectivity index (χ2v) is 5.95. The minimum Gasteiger partial charge on any atom is -0.440 e. The molecule has 21 heavy (non-hydrogen) atoms. The van der Waals surface area contributed by atoms with Crippen molar-refractivity contribution in [3.05, 3.63) is 29.0 Å². The molecule has 2 aromatic heterocycles. The van der Waals surface area contributed by atoms with Gasteiger partial charge in [0.2, 0.25) is 11.8 Å². The highest BCUT2D eigenvalue weighted by atomic mass is 32.1. The van der Waals surface area contributed by atoms with Crippen molar-refractivity contribution in [1.29, 1.82) is 0 Å². The number of nitrogens with zero attached hydrogens (tertiary/aromatic N) is 2. The van der Waals surface area contributed by atoms with Gasteiger partial charge in [-0.1, -0.05) is 19.4 Å². The summed E-state index contributed by atoms with van der Waals surface area (Å²) < 4.78 is 5.68. The average molecular weight is 306 g/mol. The van der Waals surface area contributed by atoms with Crippen molar-refractivity contribution in [2.45, 2.75) is 40.0 Å². The molecule has 0 aliphatic carbocycles. The fourth-order valence-corrected chi connectivity index (χ4v) is 2.81. The molecule has 0 aliphatic rings. The van der Waals surface area contributed by atoms with Gasteiger partial charge in [0, 0.05) is 13.1 Å². The minimum absolute atomic E-state index is 0.125. The zero-order valence-corrected chi connectivity index (χ0v) is 13.7. The fourth-order valence-electron chi connectivity index (χ4n) is 2.16. The number of likely N-dealkylation sites (N-methyl/N-ethyl adjacent to an activating group) is 1. The summed E-state index contributed by atoms with van der Waals surface area (Å²) in [5.41, 5.74) is 0.748. The summed E-state index contributed by atoms with van der Waals surface area (Å²) in [5.74, 6) is 1.47. The lowest BCUT2D eigenvalue weighted by Crippen LogP contribution is -2.33. The minimum atomic E-state index is 0.125. The van der Waals surface area contributed by atoms with Crippen LogP contribution in [0.1, 0.15) is 38.1 Å². The number of aryl methyl sites for hydroxylation is 1. The lowest BCUT2D eigenvalue weighted by Gasteiger charge is -2.20. The van der Waals surface area contributed by atoms with Crippen LogP contribution in [0.2, 0.25) is 0 Å². The summed E-state index contributed by atoms with van der Waals surface area (Å²) >= 11 is 1.59. The van der Waals surface area contributed by atoms with Crippen LogP contribution in [0.25, 0.3) is 10.8 Å². The van der Waals surface area contributed by atoms with Crippen LogP contribution in [-0.4, -0.2) is 28.9 Å². The van der Waals surface area contributed by atoms with Crippen molar-refractivity contribution >= 4 is 17.2 Å². The molecule has 0 saturated heterocycles. The van der Waals surface area contributed by atoms with E-state index in [9.17, 15) is 4.79 Å². The van der Waals surface area contributed by atoms with E-state index in [1.165, 1.54) is 0 Å². The van der Waals surface area contributed by atoms with Crippen LogP contribution < -0.4 is 0 Å². The standard InChI is InChI=1S/C16H22N2O2S/c1-4-6-9-18(5-2)15(19)11-13-12(3)20-16(17-13)14-8-7-10-21-14/h7-8,10H,4-6,9,11H2,1-3H3. The number of amides is 1. The zero-order valence-electron chi connectivity index (χ0n) is 12.9. The Labute approximate surface area is 129 Å². The fraction of sp³-hybridized carbons (Fsp3) is 0.500. The van der Waals surface area contributed by atoms with Gasteiger partial charge >= 0.3 is 0 Å². The van der Waals surface area contributed by atoms with Crippen LogP contribution in [-0.2, 0) is 11.2 Å². The molecule has 5 heteroatoms. The van der Waals surface area contributed by atoms with Crippen molar-refractivity contribution in [2.24, 2.45) is 0 Å². The van der Waals surface area contributed by atoms with Gasteiger partial charge in [0.15, 0.2) is 0 Å². The van der Waals surface area contributed by atoms with Crippen LogP contribution in [0.3, 0.4) is 0 Å². The van der Waals surface area contributed by atoms with Crippen LogP contribution in [0, 0.1) is 6.92 Å². The monoisotopic (exact) mass is 306 g/mol. The third kappa shape index (κ3) is 3.94. The molecule has 4 nitrogen and oxygen atoms in total. The van der Waals surface area contributed by atoms with Crippen LogP contribution in [0.5, 0.6) is 0 Å². The first-order valence-electron chi connectivity index (χ1n) is 7.43. The van der Waals surface area contributed by atoms with Gasteiger partial charge in [0.05, 0.1) is 17.0 Å². The molecule has 0 atom stereocenters. The molecule has 0 aromatic carbocycles. The topological polar surface area (TPSA) is 46.3 Å². The van der Waals surface area contributed by atoms with Crippen molar-refractivity contribution in [2.75, 3.05) is 13.1 Å². The molecular formula is C16H22N2O2S. The molecule has 2 heterocycles. The maximum absolute atomic E-state index is 12.3. The van der Waals surface area contributed by atoms with Crippen LogP contribution in [0.4, 0.5) is 0 Å². The largest absolute Gasteiger partial charge is 0.440 e. The third-order valence-electron chi connectivity index (χ3n) is 3.46. The Morgan fingerprint density at radius 3 is 2.86 bits per heavy atom. The lowest BCUT2D eigenvalue weighted by molar-refractivity contribution is -0.130. The summed E-state index contributed by atoms with van der Waals surface area (Å²) in [6.45, 7) is 7.58. The molecule has 1 amide bonds. The number of hydrogen-bond acceptors (Lipinski definition) is 4. The summed E-state index contributed by atoms with van der Waals surface area (Å²) in [6.07, 6.45) is 2.45. The van der Waals surface area contributed by atoms with E-state index in [1.807, 2.05) is 36.3 Å². The van der Waals surface area contributed by atoms with E-state index >= 15 is 0 Å². The first kappa shape index (κ1) is 15.8. The van der Waals surface area contributed by atoms with E-state index < -0.39 is 0 Å². The van der Waals surface area contributed by atoms with Gasteiger partial charge in [-0.25, -0.2) is 4.98 Å². The lowest BCUT2D eigenvalue weighted by atomic mass is 10.2. The normalized spacial score (nSPS) is 10.8. The van der Waals surface area contributed by atoms with Gasteiger partial charge in [-0.3, -0.25) is 4.79 Å². The predicted octanol–water partition coefficient (Wildman–Crippen LogP) is 3.90. The molecule has 0 spiro atoms. The number of carbonyl (C=O) groups excluding carboxylic acids is 1. The number of aromatic nitrogens is 1. The van der Waals surface area contributed by atoms with Gasteiger partial charge in [-0.2, -0.15) is 0 Å². The Morgan fingerprint density at radius 1 is 1.43 bits per heavy atom. The Balaban J connectivity index is 2.07. The first-order valence-corrected chi connectivity index (χ1v) is 8.31. The van der Waals surface area contributed by atoms with E-state index in [-0.39, 0.29) is 5.91 Å². The molecule has 0 saturated carbocycles. The van der Waals surface area contributed by atoms with Crippen LogP contribution in [0.15, 0.2) is 21.9 Å². The van der Waals surface area contributed by atoms with E-state index in [1.54, 1.807) is 11.3 Å². The summed E-state index contributed by atoms with van der Waals surface area (Å²) in [7, 11) is 0. The van der Waals surface area contributed by atoms with Crippen molar-refractivity contribution in [3.8, 4) is 10.8 Å². The smallest absolute Gasteiger partial charge is 0.236 e. The molecule has 114 valence electrons. The van der Waals surface area contributed by atoms with Crippen molar-refractivity contribution in [3.63, 3.8) is 0 Å². The highest BCUT2D eigenvalue weighted by Crippen LogP contribution is 2.26. The van der Waals surface area contributed by atoms with E-state index in [2.05, 4.69) is 11.9 Å². The predicted molar refractivity (Wildman–Crippen MR) is 85.4 cm³/mol. The Kier molecular flexibility index (Phi) is 5.56. The first-order chi connectivity index (χ1) is 10.2. The number of rotatable bonds is 7. The summed E-state index contributed by atoms with van der Waals surface area (Å²) in [5, 5.41) is 1.99. The SMILES string of the molecule is CCCCN(CC)C(=O)Cc1nc(-c2cccs2)oc1C. The number of thiophene rings is 1. The van der Waals surface area contributed by atoms with Crippen molar-refractivity contribution in [1.82, 2.24) is 9.88 Å². The molecular weight excluding hydrogens is 284 g/mol. The van der Waals surface area contributed by atoms with Crippen LogP contribution >= 0.6 is 11.3 Å². The molecule has 0 fully saturated rings. The van der Waals surface area contributed by atoms with Gasteiger partial charge in [-0.05, 0) is 31.7 Å². The molecule has 2 rings (SSSR count). The number of oxazole rings is 1. The number of unbranched alkanes of at least 4 members (excludes halogenated alkanes) is 1.